The third kappa shape index (κ3) is 5.43. The molecule has 0 saturated carbocycles. The predicted molar refractivity (Wildman–Crippen MR) is 137 cm³/mol. The molecule has 0 bridgehead atoms. The van der Waals surface area contributed by atoms with Gasteiger partial charge in [-0.2, -0.15) is 0 Å². The summed E-state index contributed by atoms with van der Waals surface area (Å²) in [4.78, 5) is 39.0. The van der Waals surface area contributed by atoms with Crippen LogP contribution >= 0.6 is 34.8 Å². The van der Waals surface area contributed by atoms with Crippen LogP contribution in [0.1, 0.15) is 17.3 Å². The average molecular weight is 531 g/mol. The van der Waals surface area contributed by atoms with Crippen molar-refractivity contribution in [3.63, 3.8) is 0 Å². The summed E-state index contributed by atoms with van der Waals surface area (Å²) < 4.78 is 5.39. The van der Waals surface area contributed by atoms with E-state index in [1.807, 2.05) is 6.92 Å². The van der Waals surface area contributed by atoms with E-state index in [9.17, 15) is 14.4 Å². The second-order valence-electron chi connectivity index (χ2n) is 7.38. The molecule has 3 amide bonds. The molecule has 7 nitrogen and oxygen atoms in total. The van der Waals surface area contributed by atoms with Crippen LogP contribution in [0, 0.1) is 0 Å². The largest absolute Gasteiger partial charge is 0.494 e. The number of amides is 3. The fraction of sp³-hybridized carbons (Fsp3) is 0.0800. The molecule has 3 aromatic carbocycles. The Balaban J connectivity index is 1.45. The molecule has 0 aromatic heterocycles. The summed E-state index contributed by atoms with van der Waals surface area (Å²) in [6.07, 6.45) is 0. The fourth-order valence-corrected chi connectivity index (χ4v) is 4.10. The van der Waals surface area contributed by atoms with Crippen LogP contribution in [-0.2, 0) is 9.59 Å². The molecular formula is C25H18Cl3N3O4. The van der Waals surface area contributed by atoms with Crippen LogP contribution in [0.2, 0.25) is 10.0 Å². The maximum absolute atomic E-state index is 12.9. The van der Waals surface area contributed by atoms with E-state index < -0.39 is 11.8 Å². The van der Waals surface area contributed by atoms with Gasteiger partial charge in [0.25, 0.3) is 17.7 Å². The van der Waals surface area contributed by atoms with E-state index in [1.165, 1.54) is 18.2 Å². The number of benzene rings is 3. The van der Waals surface area contributed by atoms with Gasteiger partial charge in [-0.3, -0.25) is 14.4 Å². The van der Waals surface area contributed by atoms with Gasteiger partial charge in [0.05, 0.1) is 12.3 Å². The smallest absolute Gasteiger partial charge is 0.283 e. The Kier molecular flexibility index (Phi) is 7.31. The van der Waals surface area contributed by atoms with Gasteiger partial charge in [-0.15, -0.1) is 0 Å². The number of hydrogen-bond acceptors (Lipinski definition) is 5. The Morgan fingerprint density at radius 3 is 2.06 bits per heavy atom. The van der Waals surface area contributed by atoms with Gasteiger partial charge in [0.1, 0.15) is 16.5 Å². The van der Waals surface area contributed by atoms with E-state index in [0.717, 1.165) is 4.90 Å². The Morgan fingerprint density at radius 2 is 1.46 bits per heavy atom. The summed E-state index contributed by atoms with van der Waals surface area (Å²) in [6.45, 7) is 2.45. The molecule has 10 heteroatoms. The lowest BCUT2D eigenvalue weighted by molar-refractivity contribution is -0.120. The first-order chi connectivity index (χ1) is 16.8. The van der Waals surface area contributed by atoms with Crippen LogP contribution in [0.5, 0.6) is 5.75 Å². The van der Waals surface area contributed by atoms with E-state index in [-0.39, 0.29) is 32.4 Å². The van der Waals surface area contributed by atoms with E-state index in [4.69, 9.17) is 39.5 Å². The summed E-state index contributed by atoms with van der Waals surface area (Å²) in [7, 11) is 0. The first-order valence-corrected chi connectivity index (χ1v) is 11.6. The molecule has 0 unspecified atom stereocenters. The van der Waals surface area contributed by atoms with Gasteiger partial charge >= 0.3 is 0 Å². The Morgan fingerprint density at radius 1 is 0.857 bits per heavy atom. The maximum Gasteiger partial charge on any atom is 0.283 e. The normalized spacial score (nSPS) is 13.3. The van der Waals surface area contributed by atoms with Gasteiger partial charge in [0, 0.05) is 27.0 Å². The molecule has 2 N–H and O–H groups in total. The molecule has 3 aromatic rings. The molecule has 0 atom stereocenters. The number of carbonyl (C=O) groups is 3. The van der Waals surface area contributed by atoms with Crippen LogP contribution in [0.4, 0.5) is 17.1 Å². The highest BCUT2D eigenvalue weighted by Gasteiger charge is 2.39. The maximum atomic E-state index is 12.9. The molecule has 0 spiro atoms. The van der Waals surface area contributed by atoms with E-state index in [0.29, 0.717) is 29.3 Å². The van der Waals surface area contributed by atoms with Crippen molar-refractivity contribution in [2.45, 2.75) is 6.92 Å². The van der Waals surface area contributed by atoms with Gasteiger partial charge in [0.2, 0.25) is 0 Å². The molecule has 0 aliphatic carbocycles. The predicted octanol–water partition coefficient (Wildman–Crippen LogP) is 6.08. The third-order valence-corrected chi connectivity index (χ3v) is 5.76. The SMILES string of the molecule is CCOc1ccc(NC(=O)c2ccc(NC3=C(Cl)C(=O)N(c4cc(Cl)cc(Cl)c4)C3=O)cc2)cc1. The quantitative estimate of drug-likeness (QED) is 0.362. The highest BCUT2D eigenvalue weighted by atomic mass is 35.5. The van der Waals surface area contributed by atoms with Crippen molar-refractivity contribution >= 4 is 69.6 Å². The second kappa shape index (κ2) is 10.4. The zero-order valence-corrected chi connectivity index (χ0v) is 20.5. The molecule has 178 valence electrons. The Hall–Kier alpha value is -3.52. The van der Waals surface area contributed by atoms with Crippen LogP contribution in [0.15, 0.2) is 77.5 Å². The van der Waals surface area contributed by atoms with Crippen LogP contribution in [0.25, 0.3) is 0 Å². The van der Waals surface area contributed by atoms with Crippen molar-refractivity contribution in [3.05, 3.63) is 93.1 Å². The van der Waals surface area contributed by atoms with E-state index in [1.54, 1.807) is 48.5 Å². The first-order valence-electron chi connectivity index (χ1n) is 10.4. The summed E-state index contributed by atoms with van der Waals surface area (Å²) >= 11 is 18.2. The lowest BCUT2D eigenvalue weighted by atomic mass is 10.2. The lowest BCUT2D eigenvalue weighted by Gasteiger charge is -2.16. The average Bonchev–Trinajstić information content (AvgIpc) is 3.03. The summed E-state index contributed by atoms with van der Waals surface area (Å²) in [6, 6.07) is 17.7. The summed E-state index contributed by atoms with van der Waals surface area (Å²) in [5, 5.41) is 5.92. The highest BCUT2D eigenvalue weighted by molar-refractivity contribution is 6.53. The standard InChI is InChI=1S/C25H18Cl3N3O4/c1-2-35-20-9-7-18(8-10-20)30-23(32)14-3-5-17(6-4-14)29-22-21(28)24(33)31(25(22)34)19-12-15(26)11-16(27)13-19/h3-13,29H,2H2,1H3,(H,30,32). The van der Waals surface area contributed by atoms with Crippen molar-refractivity contribution < 1.29 is 19.1 Å². The molecule has 1 heterocycles. The molecule has 1 aliphatic rings. The fourth-order valence-electron chi connectivity index (χ4n) is 3.37. The van der Waals surface area contributed by atoms with Gasteiger partial charge in [0.15, 0.2) is 0 Å². The lowest BCUT2D eigenvalue weighted by Crippen LogP contribution is -2.32. The monoisotopic (exact) mass is 529 g/mol. The minimum Gasteiger partial charge on any atom is -0.494 e. The number of ether oxygens (including phenoxy) is 1. The minimum atomic E-state index is -0.705. The van der Waals surface area contributed by atoms with Crippen LogP contribution in [-0.4, -0.2) is 24.3 Å². The minimum absolute atomic E-state index is 0.0978. The van der Waals surface area contributed by atoms with Crippen LogP contribution in [0.3, 0.4) is 0 Å². The second-order valence-corrected chi connectivity index (χ2v) is 8.63. The zero-order chi connectivity index (χ0) is 25.1. The van der Waals surface area contributed by atoms with E-state index in [2.05, 4.69) is 10.6 Å². The molecule has 35 heavy (non-hydrogen) atoms. The number of rotatable bonds is 7. The third-order valence-electron chi connectivity index (χ3n) is 4.97. The molecule has 0 saturated heterocycles. The summed E-state index contributed by atoms with van der Waals surface area (Å²) in [5.74, 6) is -0.959. The molecular weight excluding hydrogens is 513 g/mol. The molecule has 4 rings (SSSR count). The van der Waals surface area contributed by atoms with Crippen molar-refractivity contribution in [1.29, 1.82) is 0 Å². The van der Waals surface area contributed by atoms with Crippen molar-refractivity contribution in [1.82, 2.24) is 0 Å². The van der Waals surface area contributed by atoms with Crippen molar-refractivity contribution in [3.8, 4) is 5.75 Å². The molecule has 0 fully saturated rings. The van der Waals surface area contributed by atoms with Gasteiger partial charge < -0.3 is 15.4 Å². The van der Waals surface area contributed by atoms with Crippen LogP contribution < -0.4 is 20.3 Å². The Bertz CT molecular complexity index is 1320. The molecule has 0 radical (unpaired) electrons. The first kappa shape index (κ1) is 24.6. The zero-order valence-electron chi connectivity index (χ0n) is 18.3. The number of anilines is 3. The number of imide groups is 1. The van der Waals surface area contributed by atoms with Gasteiger partial charge in [-0.25, -0.2) is 4.90 Å². The van der Waals surface area contributed by atoms with Gasteiger partial charge in [-0.1, -0.05) is 34.8 Å². The Labute approximate surface area is 216 Å². The van der Waals surface area contributed by atoms with Crippen molar-refractivity contribution in [2.75, 3.05) is 22.1 Å². The molecule has 1 aliphatic heterocycles. The van der Waals surface area contributed by atoms with Crippen molar-refractivity contribution in [2.24, 2.45) is 0 Å². The van der Waals surface area contributed by atoms with Gasteiger partial charge in [-0.05, 0) is 73.7 Å². The highest BCUT2D eigenvalue weighted by Crippen LogP contribution is 2.33. The number of hydrogen-bond donors (Lipinski definition) is 2. The topological polar surface area (TPSA) is 87.7 Å². The number of nitrogens with one attached hydrogen (secondary N) is 2. The number of nitrogens with zero attached hydrogens (tertiary/aromatic N) is 1. The van der Waals surface area contributed by atoms with E-state index >= 15 is 0 Å². The summed E-state index contributed by atoms with van der Waals surface area (Å²) in [5.41, 5.74) is 1.58. The number of carbonyl (C=O) groups excluding carboxylic acids is 3. The number of halogens is 3.